The van der Waals surface area contributed by atoms with E-state index in [1.807, 2.05) is 60.8 Å². The molecule has 269 valence electrons. The Bertz CT molecular complexity index is 2880. The van der Waals surface area contributed by atoms with Gasteiger partial charge >= 0.3 is 0 Å². The summed E-state index contributed by atoms with van der Waals surface area (Å²) in [4.78, 5) is 8.99. The predicted octanol–water partition coefficient (Wildman–Crippen LogP) is 13.6. The summed E-state index contributed by atoms with van der Waals surface area (Å²) in [6.07, 6.45) is 7.09. The molecule has 0 atom stereocenters. The van der Waals surface area contributed by atoms with Gasteiger partial charge in [-0.1, -0.05) is 131 Å². The van der Waals surface area contributed by atoms with Crippen molar-refractivity contribution >= 4 is 43.5 Å². The molecule has 0 saturated heterocycles. The van der Waals surface area contributed by atoms with E-state index in [2.05, 4.69) is 48.9 Å². The minimum absolute atomic E-state index is 0. The first-order valence-electron chi connectivity index (χ1n) is 22.9. The van der Waals surface area contributed by atoms with Gasteiger partial charge in [0.1, 0.15) is 5.58 Å². The molecule has 1 fully saturated rings. The number of pyridine rings is 2. The minimum atomic E-state index is -2.42. The fraction of sp³-hybridized carbons (Fsp3) is 0.265. The van der Waals surface area contributed by atoms with Crippen molar-refractivity contribution in [2.24, 2.45) is 0 Å². The SMILES string of the molecule is [2H]C([2H])([2H])c1c[c-]c(-c2ccc(C(C)(C)C)cn2)cc1.[2H]C([2H])([2H])c1cnc(-c2[c-]cc(C([2H])([2H])[2H])c3c2oc2c3ccc3ccc4ccccc4c32)cc1C1([2H])CCCCC1.[Ir]. The van der Waals surface area contributed by atoms with Gasteiger partial charge in [-0.2, -0.15) is 0 Å². The van der Waals surface area contributed by atoms with Crippen LogP contribution in [0.5, 0.6) is 0 Å². The molecule has 3 heterocycles. The Kier molecular flexibility index (Phi) is 7.42. The van der Waals surface area contributed by atoms with Crippen LogP contribution in [-0.4, -0.2) is 9.97 Å². The fourth-order valence-electron chi connectivity index (χ4n) is 7.27. The average molecular weight is 881 g/mol. The van der Waals surface area contributed by atoms with Crippen molar-refractivity contribution in [3.05, 3.63) is 143 Å². The third kappa shape index (κ3) is 7.20. The van der Waals surface area contributed by atoms with E-state index in [1.54, 1.807) is 18.2 Å². The summed E-state index contributed by atoms with van der Waals surface area (Å²) in [7, 11) is 0. The van der Waals surface area contributed by atoms with Crippen LogP contribution in [0.25, 0.3) is 66.0 Å². The number of nitrogens with zero attached hydrogens (tertiary/aromatic N) is 2. The second-order valence-corrected chi connectivity index (χ2v) is 14.7. The van der Waals surface area contributed by atoms with Crippen LogP contribution in [0.2, 0.25) is 0 Å². The first-order valence-corrected chi connectivity index (χ1v) is 17.9. The van der Waals surface area contributed by atoms with Crippen molar-refractivity contribution in [2.75, 3.05) is 0 Å². The van der Waals surface area contributed by atoms with Gasteiger partial charge in [0.25, 0.3) is 0 Å². The number of fused-ring (bicyclic) bond motifs is 7. The second kappa shape index (κ2) is 15.0. The van der Waals surface area contributed by atoms with E-state index >= 15 is 0 Å². The van der Waals surface area contributed by atoms with Crippen molar-refractivity contribution in [3.63, 3.8) is 0 Å². The number of benzene rings is 5. The third-order valence-corrected chi connectivity index (χ3v) is 10.1. The standard InChI is InChI=1S/C33H28NO.C16H18N.Ir/c1-20-12-16-26(29-18-28(21(2)19-34-29)22-8-4-3-5-9-22)32-30(20)27-17-15-24-14-13-23-10-6-7-11-25(23)31(24)33(27)35-32;1-12-5-7-13(8-6-12)15-10-9-14(11-17-15)16(2,3)4;/h6-7,10-15,17-19,22H,3-5,8-9H2,1-2H3;5-7,9-11H,1-4H3;/q2*-1;/i1D3,2D3,22D;1D3;. The molecule has 8 aromatic rings. The summed E-state index contributed by atoms with van der Waals surface area (Å²) in [6, 6.07) is 34.1. The van der Waals surface area contributed by atoms with Gasteiger partial charge in [0.15, 0.2) is 0 Å². The molecule has 9 rings (SSSR count). The summed E-state index contributed by atoms with van der Waals surface area (Å²) in [5.41, 5.74) is 5.56. The Hall–Kier alpha value is -4.63. The van der Waals surface area contributed by atoms with Gasteiger partial charge in [0.05, 0.1) is 5.58 Å². The molecule has 0 unspecified atom stereocenters. The van der Waals surface area contributed by atoms with E-state index in [1.165, 1.54) is 23.9 Å². The monoisotopic (exact) mass is 881 g/mol. The molecule has 53 heavy (non-hydrogen) atoms. The van der Waals surface area contributed by atoms with Crippen LogP contribution in [0.15, 0.2) is 108 Å². The summed E-state index contributed by atoms with van der Waals surface area (Å²) >= 11 is 0. The van der Waals surface area contributed by atoms with Gasteiger partial charge in [-0.3, -0.25) is 0 Å². The molecule has 1 saturated carbocycles. The molecule has 1 radical (unpaired) electrons. The van der Waals surface area contributed by atoms with Crippen LogP contribution < -0.4 is 0 Å². The number of furan rings is 1. The maximum Gasteiger partial charge on any atom is 0.129 e. The molecule has 0 N–H and O–H groups in total. The Morgan fingerprint density at radius 1 is 0.717 bits per heavy atom. The largest absolute Gasteiger partial charge is 0.500 e. The number of hydrogen-bond donors (Lipinski definition) is 0. The minimum Gasteiger partial charge on any atom is -0.500 e. The molecule has 0 spiro atoms. The van der Waals surface area contributed by atoms with Crippen LogP contribution in [0.3, 0.4) is 0 Å². The number of aryl methyl sites for hydroxylation is 3. The van der Waals surface area contributed by atoms with E-state index in [0.29, 0.717) is 57.2 Å². The third-order valence-electron chi connectivity index (χ3n) is 10.1. The topological polar surface area (TPSA) is 38.9 Å². The first-order chi connectivity index (χ1) is 29.1. The molecule has 5 aromatic carbocycles. The Morgan fingerprint density at radius 3 is 2.25 bits per heavy atom. The molecule has 3 nitrogen and oxygen atoms in total. The maximum absolute atomic E-state index is 9.29. The molecule has 0 bridgehead atoms. The zero-order valence-electron chi connectivity index (χ0n) is 40.0. The number of aromatic nitrogens is 2. The smallest absolute Gasteiger partial charge is 0.129 e. The summed E-state index contributed by atoms with van der Waals surface area (Å²) in [5, 5.41) is 5.05. The maximum atomic E-state index is 9.29. The molecule has 0 aliphatic heterocycles. The number of hydrogen-bond acceptors (Lipinski definition) is 3. The van der Waals surface area contributed by atoms with Gasteiger partial charge in [0, 0.05) is 57.0 Å². The van der Waals surface area contributed by atoms with E-state index in [-0.39, 0.29) is 36.6 Å². The van der Waals surface area contributed by atoms with Crippen LogP contribution in [-0.2, 0) is 25.5 Å². The van der Waals surface area contributed by atoms with Crippen molar-refractivity contribution in [1.82, 2.24) is 9.97 Å². The zero-order valence-corrected chi connectivity index (χ0v) is 32.4. The first kappa shape index (κ1) is 26.2. The van der Waals surface area contributed by atoms with Crippen LogP contribution in [0.4, 0.5) is 0 Å². The molecule has 3 aromatic heterocycles. The Labute approximate surface area is 341 Å². The van der Waals surface area contributed by atoms with E-state index in [4.69, 9.17) is 16.8 Å². The Morgan fingerprint density at radius 2 is 1.51 bits per heavy atom. The zero-order chi connectivity index (χ0) is 44.4. The summed E-state index contributed by atoms with van der Waals surface area (Å²) in [5.74, 6) is -1.04. The van der Waals surface area contributed by atoms with E-state index in [9.17, 15) is 1.37 Å². The van der Waals surface area contributed by atoms with Crippen LogP contribution >= 0.6 is 0 Å². The van der Waals surface area contributed by atoms with Gasteiger partial charge < -0.3 is 14.4 Å². The van der Waals surface area contributed by atoms with Crippen molar-refractivity contribution in [2.45, 2.75) is 84.7 Å². The normalized spacial score (nSPS) is 17.7. The number of rotatable bonds is 3. The van der Waals surface area contributed by atoms with Crippen molar-refractivity contribution < 1.29 is 38.2 Å². The predicted molar refractivity (Wildman–Crippen MR) is 218 cm³/mol. The van der Waals surface area contributed by atoms with Gasteiger partial charge in [-0.15, -0.1) is 53.1 Å². The van der Waals surface area contributed by atoms with E-state index < -0.39 is 26.4 Å². The molecule has 1 aliphatic carbocycles. The quantitative estimate of drug-likeness (QED) is 0.131. The van der Waals surface area contributed by atoms with Crippen LogP contribution in [0, 0.1) is 32.7 Å². The Balaban J connectivity index is 0.000000239. The van der Waals surface area contributed by atoms with Gasteiger partial charge in [0.2, 0.25) is 0 Å². The fourth-order valence-corrected chi connectivity index (χ4v) is 7.27. The van der Waals surface area contributed by atoms with Crippen molar-refractivity contribution in [3.8, 4) is 22.5 Å². The van der Waals surface area contributed by atoms with Gasteiger partial charge in [-0.25, -0.2) is 0 Å². The molecule has 1 aliphatic rings. The summed E-state index contributed by atoms with van der Waals surface area (Å²) in [6.45, 7) is -0.508. The molecule has 4 heteroatoms. The average Bonchev–Trinajstić information content (AvgIpc) is 3.62. The second-order valence-electron chi connectivity index (χ2n) is 14.7. The van der Waals surface area contributed by atoms with Crippen LogP contribution in [0.1, 0.15) is 100 Å². The van der Waals surface area contributed by atoms with Crippen molar-refractivity contribution in [1.29, 1.82) is 0 Å². The summed E-state index contributed by atoms with van der Waals surface area (Å²) < 4.78 is 87.3. The van der Waals surface area contributed by atoms with E-state index in [0.717, 1.165) is 52.1 Å². The van der Waals surface area contributed by atoms with Gasteiger partial charge in [-0.05, 0) is 75.2 Å². The molecular formula is C49H46IrN2O-2. The molecule has 0 amide bonds. The molecular weight excluding hydrogens is 825 g/mol.